The lowest BCUT2D eigenvalue weighted by Crippen LogP contribution is -2.44. The molecule has 40 heavy (non-hydrogen) atoms. The summed E-state index contributed by atoms with van der Waals surface area (Å²) in [6.07, 6.45) is 8.34. The molecular weight excluding hydrogens is 502 g/mol. The lowest BCUT2D eigenvalue weighted by molar-refractivity contribution is 0.0999. The highest BCUT2D eigenvalue weighted by molar-refractivity contribution is 5.96. The normalized spacial score (nSPS) is 15.8. The number of carbonyl (C=O) groups excluding carboxylic acids is 1. The molecule has 4 aromatic rings. The van der Waals surface area contributed by atoms with Gasteiger partial charge in [-0.1, -0.05) is 18.2 Å². The molecule has 1 amide bonds. The minimum absolute atomic E-state index is 0.0829. The van der Waals surface area contributed by atoms with Crippen molar-refractivity contribution in [2.45, 2.75) is 32.1 Å². The number of likely N-dealkylation sites (N-methyl/N-ethyl adjacent to an activating group) is 1. The quantitative estimate of drug-likeness (QED) is 0.355. The third-order valence-corrected chi connectivity index (χ3v) is 8.12. The van der Waals surface area contributed by atoms with Crippen molar-refractivity contribution < 1.29 is 4.79 Å². The second kappa shape index (κ2) is 11.2. The molecule has 9 nitrogen and oxygen atoms in total. The molecule has 2 aromatic carbocycles. The van der Waals surface area contributed by atoms with Crippen LogP contribution in [0.15, 0.2) is 59.7 Å². The number of anilines is 2. The molecule has 3 N–H and O–H groups in total. The molecule has 1 aliphatic heterocycles. The fraction of sp³-hybridized carbons (Fsp3) is 0.355. The van der Waals surface area contributed by atoms with Crippen molar-refractivity contribution in [3.8, 4) is 5.69 Å². The Bertz CT molecular complexity index is 1610. The van der Waals surface area contributed by atoms with Crippen molar-refractivity contribution in [2.24, 2.45) is 5.73 Å². The Labute approximate surface area is 233 Å². The van der Waals surface area contributed by atoms with Crippen molar-refractivity contribution in [3.63, 3.8) is 0 Å². The molecular formula is C31H35N7O2. The lowest BCUT2D eigenvalue weighted by atomic mass is 10.1. The van der Waals surface area contributed by atoms with Crippen LogP contribution in [0.25, 0.3) is 16.7 Å². The van der Waals surface area contributed by atoms with Gasteiger partial charge in [0.15, 0.2) is 5.65 Å². The number of benzene rings is 2. The van der Waals surface area contributed by atoms with Crippen molar-refractivity contribution >= 4 is 28.6 Å². The summed E-state index contributed by atoms with van der Waals surface area (Å²) in [6.45, 7) is 5.71. The summed E-state index contributed by atoms with van der Waals surface area (Å²) >= 11 is 0. The summed E-state index contributed by atoms with van der Waals surface area (Å²) < 4.78 is 1.77. The fourth-order valence-corrected chi connectivity index (χ4v) is 5.71. The zero-order valence-electron chi connectivity index (χ0n) is 22.9. The van der Waals surface area contributed by atoms with Crippen molar-refractivity contribution in [1.29, 1.82) is 0 Å². The summed E-state index contributed by atoms with van der Waals surface area (Å²) in [7, 11) is 2.18. The van der Waals surface area contributed by atoms with E-state index in [1.54, 1.807) is 4.57 Å². The number of piperazine rings is 1. The number of aryl methyl sites for hydroxylation is 3. The molecule has 0 radical (unpaired) electrons. The van der Waals surface area contributed by atoms with E-state index in [0.29, 0.717) is 11.6 Å². The van der Waals surface area contributed by atoms with Gasteiger partial charge in [0.2, 0.25) is 11.4 Å². The van der Waals surface area contributed by atoms with Crippen LogP contribution < -0.4 is 16.5 Å². The van der Waals surface area contributed by atoms with Gasteiger partial charge >= 0.3 is 0 Å². The van der Waals surface area contributed by atoms with E-state index in [4.69, 9.17) is 10.7 Å². The van der Waals surface area contributed by atoms with Crippen LogP contribution in [-0.4, -0.2) is 70.0 Å². The number of pyridine rings is 1. The number of aromatic nitrogens is 3. The van der Waals surface area contributed by atoms with Crippen molar-refractivity contribution in [2.75, 3.05) is 45.1 Å². The Kier molecular flexibility index (Phi) is 7.32. The number of nitrogens with one attached hydrogen (secondary N) is 1. The van der Waals surface area contributed by atoms with E-state index >= 15 is 0 Å². The number of fused-ring (bicyclic) bond motifs is 2. The highest BCUT2D eigenvalue weighted by atomic mass is 16.2. The van der Waals surface area contributed by atoms with E-state index in [-0.39, 0.29) is 10.9 Å². The number of primary amides is 1. The first-order valence-electron chi connectivity index (χ1n) is 14.1. The van der Waals surface area contributed by atoms with Crippen LogP contribution in [0.3, 0.4) is 0 Å². The molecule has 9 heteroatoms. The average Bonchev–Trinajstić information content (AvgIpc) is 3.43. The van der Waals surface area contributed by atoms with Crippen LogP contribution >= 0.6 is 0 Å². The topological polar surface area (TPSA) is 109 Å². The number of carbonyl (C=O) groups is 1. The van der Waals surface area contributed by atoms with Gasteiger partial charge in [0, 0.05) is 49.9 Å². The Balaban J connectivity index is 1.22. The third kappa shape index (κ3) is 5.48. The molecule has 1 saturated heterocycles. The maximum absolute atomic E-state index is 13.0. The minimum atomic E-state index is -0.771. The molecule has 0 atom stereocenters. The zero-order chi connectivity index (χ0) is 27.6. The summed E-state index contributed by atoms with van der Waals surface area (Å²) in [5.41, 5.74) is 11.0. The molecule has 3 heterocycles. The molecule has 0 bridgehead atoms. The summed E-state index contributed by atoms with van der Waals surface area (Å²) in [5.74, 6) is -0.399. The Morgan fingerprint density at radius 2 is 1.80 bits per heavy atom. The second-order valence-corrected chi connectivity index (χ2v) is 10.9. The smallest absolute Gasteiger partial charge is 0.254 e. The first-order chi connectivity index (χ1) is 19.4. The van der Waals surface area contributed by atoms with Crippen LogP contribution in [0.2, 0.25) is 0 Å². The van der Waals surface area contributed by atoms with Gasteiger partial charge in [-0.3, -0.25) is 9.59 Å². The van der Waals surface area contributed by atoms with E-state index in [1.165, 1.54) is 29.1 Å². The maximum atomic E-state index is 13.0. The van der Waals surface area contributed by atoms with Crippen LogP contribution in [-0.2, 0) is 19.3 Å². The molecule has 2 aliphatic rings. The summed E-state index contributed by atoms with van der Waals surface area (Å²) in [6, 6.07) is 14.5. The molecule has 1 fully saturated rings. The van der Waals surface area contributed by atoms with E-state index in [2.05, 4.69) is 51.4 Å². The van der Waals surface area contributed by atoms with Gasteiger partial charge in [-0.2, -0.15) is 4.98 Å². The first-order valence-corrected chi connectivity index (χ1v) is 14.1. The highest BCUT2D eigenvalue weighted by Gasteiger charge is 2.18. The molecule has 0 unspecified atom stereocenters. The molecule has 0 spiro atoms. The summed E-state index contributed by atoms with van der Waals surface area (Å²) in [5, 5.41) is 3.52. The standard InChI is InChI=1S/C31H35N7O2/c1-36-14-16-37(17-15-36)13-3-4-21-7-10-24(11-8-21)34-31-33-19-26-28(39)27(29(32)40)20-38(30(26)35-31)25-12-9-22-5-2-6-23(22)18-25/h7-12,18-20H,2-6,13-17H2,1H3,(H2,32,40)(H,33,34,35). The van der Waals surface area contributed by atoms with Gasteiger partial charge in [0.25, 0.3) is 5.91 Å². The number of rotatable bonds is 8. The predicted octanol–water partition coefficient (Wildman–Crippen LogP) is 3.29. The monoisotopic (exact) mass is 537 g/mol. The number of nitrogens with zero attached hydrogens (tertiary/aromatic N) is 5. The van der Waals surface area contributed by atoms with E-state index in [1.807, 2.05) is 18.2 Å². The van der Waals surface area contributed by atoms with Gasteiger partial charge < -0.3 is 25.4 Å². The van der Waals surface area contributed by atoms with Crippen LogP contribution in [0.4, 0.5) is 11.6 Å². The molecule has 0 saturated carbocycles. The van der Waals surface area contributed by atoms with Crippen molar-refractivity contribution in [1.82, 2.24) is 24.3 Å². The Morgan fingerprint density at radius 3 is 2.58 bits per heavy atom. The van der Waals surface area contributed by atoms with Gasteiger partial charge in [0.05, 0.1) is 5.39 Å². The van der Waals surface area contributed by atoms with Crippen LogP contribution in [0.5, 0.6) is 0 Å². The van der Waals surface area contributed by atoms with Gasteiger partial charge in [0.1, 0.15) is 5.56 Å². The molecule has 2 aromatic heterocycles. The first kappa shape index (κ1) is 26.2. The maximum Gasteiger partial charge on any atom is 0.254 e. The minimum Gasteiger partial charge on any atom is -0.365 e. The lowest BCUT2D eigenvalue weighted by Gasteiger charge is -2.32. The summed E-state index contributed by atoms with van der Waals surface area (Å²) in [4.78, 5) is 39.1. The van der Waals surface area contributed by atoms with E-state index in [9.17, 15) is 9.59 Å². The number of amides is 1. The molecule has 6 rings (SSSR count). The molecule has 1 aliphatic carbocycles. The largest absolute Gasteiger partial charge is 0.365 e. The van der Waals surface area contributed by atoms with Crippen LogP contribution in [0, 0.1) is 0 Å². The van der Waals surface area contributed by atoms with Gasteiger partial charge in [-0.15, -0.1) is 0 Å². The fourth-order valence-electron chi connectivity index (χ4n) is 5.71. The Hall–Kier alpha value is -4.08. The average molecular weight is 538 g/mol. The Morgan fingerprint density at radius 1 is 1.02 bits per heavy atom. The third-order valence-electron chi connectivity index (χ3n) is 8.12. The second-order valence-electron chi connectivity index (χ2n) is 10.9. The van der Waals surface area contributed by atoms with Gasteiger partial charge in [-0.25, -0.2) is 4.98 Å². The molecule has 206 valence electrons. The van der Waals surface area contributed by atoms with Crippen molar-refractivity contribution in [3.05, 3.63) is 87.3 Å². The number of hydrogen-bond donors (Lipinski definition) is 2. The van der Waals surface area contributed by atoms with Crippen LogP contribution in [0.1, 0.15) is 39.9 Å². The number of nitrogens with two attached hydrogens (primary N) is 1. The van der Waals surface area contributed by atoms with E-state index in [0.717, 1.165) is 76.2 Å². The number of hydrogen-bond acceptors (Lipinski definition) is 7. The zero-order valence-corrected chi connectivity index (χ0v) is 22.9. The van der Waals surface area contributed by atoms with Gasteiger partial charge in [-0.05, 0) is 86.7 Å². The highest BCUT2D eigenvalue weighted by Crippen LogP contribution is 2.26. The predicted molar refractivity (Wildman–Crippen MR) is 158 cm³/mol. The SMILES string of the molecule is CN1CCN(CCCc2ccc(Nc3ncc4c(=O)c(C(N)=O)cn(-c5ccc6c(c5)CCC6)c4n3)cc2)CC1. The van der Waals surface area contributed by atoms with E-state index < -0.39 is 11.3 Å².